The van der Waals surface area contributed by atoms with Crippen LogP contribution in [0.1, 0.15) is 32.6 Å². The fraction of sp³-hybridized carbons (Fsp3) is 0.235. The molecule has 0 radical (unpaired) electrons. The second kappa shape index (κ2) is 5.10. The molecule has 0 aliphatic carbocycles. The van der Waals surface area contributed by atoms with Gasteiger partial charge in [-0.1, -0.05) is 18.2 Å². The summed E-state index contributed by atoms with van der Waals surface area (Å²) in [4.78, 5) is 12.3. The normalized spacial score (nSPS) is 13.1. The molecule has 0 fully saturated rings. The molecule has 0 bridgehead atoms. The average Bonchev–Trinajstić information content (AvgIpc) is 2.90. The highest BCUT2D eigenvalue weighted by molar-refractivity contribution is 6.04. The van der Waals surface area contributed by atoms with Crippen LogP contribution in [0, 0.1) is 13.8 Å². The number of benzene rings is 2. The van der Waals surface area contributed by atoms with E-state index in [9.17, 15) is 4.79 Å². The number of hydrogen-bond acceptors (Lipinski definition) is 2. The molecule has 1 aliphatic heterocycles. The molecule has 102 valence electrons. The molecule has 3 nitrogen and oxygen atoms in total. The van der Waals surface area contributed by atoms with Crippen LogP contribution in [0.25, 0.3) is 0 Å². The van der Waals surface area contributed by atoms with Crippen LogP contribution in [0.2, 0.25) is 0 Å². The summed E-state index contributed by atoms with van der Waals surface area (Å²) in [6.07, 6.45) is 0. The van der Waals surface area contributed by atoms with Crippen LogP contribution in [0.15, 0.2) is 36.4 Å². The van der Waals surface area contributed by atoms with Gasteiger partial charge in [0.2, 0.25) is 0 Å². The molecule has 1 heterocycles. The maximum Gasteiger partial charge on any atom is 0.255 e. The molecule has 0 aromatic heterocycles. The van der Waals surface area contributed by atoms with Crippen molar-refractivity contribution in [1.82, 2.24) is 5.32 Å². The van der Waals surface area contributed by atoms with Crippen molar-refractivity contribution in [2.45, 2.75) is 26.9 Å². The quantitative estimate of drug-likeness (QED) is 0.876. The van der Waals surface area contributed by atoms with E-state index >= 15 is 0 Å². The van der Waals surface area contributed by atoms with Gasteiger partial charge >= 0.3 is 0 Å². The van der Waals surface area contributed by atoms with Crippen LogP contribution in [0.5, 0.6) is 0 Å². The van der Waals surface area contributed by atoms with Gasteiger partial charge in [-0.2, -0.15) is 0 Å². The topological polar surface area (TPSA) is 41.1 Å². The number of carbonyl (C=O) groups excluding carboxylic acids is 1. The van der Waals surface area contributed by atoms with Crippen molar-refractivity contribution in [1.29, 1.82) is 0 Å². The summed E-state index contributed by atoms with van der Waals surface area (Å²) in [7, 11) is 0. The van der Waals surface area contributed by atoms with Crippen molar-refractivity contribution < 1.29 is 4.79 Å². The highest BCUT2D eigenvalue weighted by atomic mass is 16.1. The number of aryl methyl sites for hydroxylation is 2. The number of carbonyl (C=O) groups is 1. The first-order chi connectivity index (χ1) is 9.63. The highest BCUT2D eigenvalue weighted by Crippen LogP contribution is 2.20. The Kier molecular flexibility index (Phi) is 3.28. The van der Waals surface area contributed by atoms with Crippen LogP contribution < -0.4 is 10.6 Å². The van der Waals surface area contributed by atoms with Crippen LogP contribution in [-0.4, -0.2) is 5.91 Å². The van der Waals surface area contributed by atoms with E-state index in [2.05, 4.69) is 10.6 Å². The molecular formula is C17H18N2O. The van der Waals surface area contributed by atoms with Crippen LogP contribution in [0.3, 0.4) is 0 Å². The van der Waals surface area contributed by atoms with Crippen LogP contribution >= 0.6 is 0 Å². The predicted molar refractivity (Wildman–Crippen MR) is 80.9 cm³/mol. The van der Waals surface area contributed by atoms with Crippen molar-refractivity contribution in [3.8, 4) is 0 Å². The van der Waals surface area contributed by atoms with E-state index < -0.39 is 0 Å². The second-order valence-corrected chi connectivity index (χ2v) is 5.36. The molecule has 3 heteroatoms. The van der Waals surface area contributed by atoms with Gasteiger partial charge in [0.15, 0.2) is 0 Å². The molecule has 20 heavy (non-hydrogen) atoms. The van der Waals surface area contributed by atoms with E-state index in [-0.39, 0.29) is 5.91 Å². The van der Waals surface area contributed by atoms with Crippen LogP contribution in [0.4, 0.5) is 5.69 Å². The lowest BCUT2D eigenvalue weighted by Crippen LogP contribution is -2.13. The van der Waals surface area contributed by atoms with Crippen molar-refractivity contribution in [3.63, 3.8) is 0 Å². The van der Waals surface area contributed by atoms with E-state index in [1.54, 1.807) is 0 Å². The third kappa shape index (κ3) is 2.45. The lowest BCUT2D eigenvalue weighted by atomic mass is 10.1. The molecule has 2 aromatic carbocycles. The van der Waals surface area contributed by atoms with E-state index in [0.717, 1.165) is 29.9 Å². The first kappa shape index (κ1) is 12.9. The predicted octanol–water partition coefficient (Wildman–Crippen LogP) is 3.16. The summed E-state index contributed by atoms with van der Waals surface area (Å²) in [6, 6.07) is 12.0. The number of amides is 1. The van der Waals surface area contributed by atoms with Gasteiger partial charge in [0.05, 0.1) is 0 Å². The monoisotopic (exact) mass is 266 g/mol. The zero-order chi connectivity index (χ0) is 14.1. The van der Waals surface area contributed by atoms with Crippen molar-refractivity contribution in [2.75, 3.05) is 5.32 Å². The maximum absolute atomic E-state index is 12.3. The van der Waals surface area contributed by atoms with Crippen molar-refractivity contribution in [2.24, 2.45) is 0 Å². The second-order valence-electron chi connectivity index (χ2n) is 5.36. The number of hydrogen-bond donors (Lipinski definition) is 2. The van der Waals surface area contributed by atoms with E-state index in [1.165, 1.54) is 11.1 Å². The van der Waals surface area contributed by atoms with Gasteiger partial charge in [-0.3, -0.25) is 4.79 Å². The van der Waals surface area contributed by atoms with Gasteiger partial charge in [0.1, 0.15) is 0 Å². The molecule has 0 saturated heterocycles. The van der Waals surface area contributed by atoms with Gasteiger partial charge in [-0.05, 0) is 54.3 Å². The summed E-state index contributed by atoms with van der Waals surface area (Å²) < 4.78 is 0. The lowest BCUT2D eigenvalue weighted by molar-refractivity contribution is 0.102. The summed E-state index contributed by atoms with van der Waals surface area (Å²) in [5, 5.41) is 6.29. The zero-order valence-corrected chi connectivity index (χ0v) is 11.8. The zero-order valence-electron chi connectivity index (χ0n) is 11.8. The fourth-order valence-electron chi connectivity index (χ4n) is 2.50. The Hall–Kier alpha value is -2.13. The fourth-order valence-corrected chi connectivity index (χ4v) is 2.50. The van der Waals surface area contributed by atoms with E-state index in [0.29, 0.717) is 5.56 Å². The standard InChI is InChI=1S/C17H18N2O/c1-11-3-4-12(2)16(7-11)19-17(20)13-5-6-14-9-18-10-15(14)8-13/h3-8,18H,9-10H2,1-2H3,(H,19,20). The number of rotatable bonds is 2. The largest absolute Gasteiger partial charge is 0.322 e. The Morgan fingerprint density at radius 1 is 1.05 bits per heavy atom. The summed E-state index contributed by atoms with van der Waals surface area (Å²) >= 11 is 0. The first-order valence-electron chi connectivity index (χ1n) is 6.84. The Labute approximate surface area is 119 Å². The Balaban J connectivity index is 1.84. The molecule has 3 rings (SSSR count). The number of fused-ring (bicyclic) bond motifs is 1. The SMILES string of the molecule is Cc1ccc(C)c(NC(=O)c2ccc3c(c2)CNC3)c1. The van der Waals surface area contributed by atoms with Gasteiger partial charge in [-0.25, -0.2) is 0 Å². The molecule has 0 unspecified atom stereocenters. The molecule has 0 spiro atoms. The number of nitrogens with one attached hydrogen (secondary N) is 2. The minimum absolute atomic E-state index is 0.0478. The lowest BCUT2D eigenvalue weighted by Gasteiger charge is -2.10. The average molecular weight is 266 g/mol. The minimum atomic E-state index is -0.0478. The van der Waals surface area contributed by atoms with Crippen molar-refractivity contribution >= 4 is 11.6 Å². The molecule has 0 saturated carbocycles. The van der Waals surface area contributed by atoms with E-state index in [4.69, 9.17) is 0 Å². The molecule has 1 aliphatic rings. The Morgan fingerprint density at radius 2 is 1.85 bits per heavy atom. The third-order valence-corrected chi connectivity index (χ3v) is 3.74. The van der Waals surface area contributed by atoms with Crippen LogP contribution in [-0.2, 0) is 13.1 Å². The van der Waals surface area contributed by atoms with Gasteiger partial charge in [0.25, 0.3) is 5.91 Å². The number of anilines is 1. The first-order valence-corrected chi connectivity index (χ1v) is 6.84. The van der Waals surface area contributed by atoms with Gasteiger partial charge < -0.3 is 10.6 Å². The minimum Gasteiger partial charge on any atom is -0.322 e. The van der Waals surface area contributed by atoms with Gasteiger partial charge in [-0.15, -0.1) is 0 Å². The summed E-state index contributed by atoms with van der Waals surface area (Å²) in [5.41, 5.74) is 6.32. The Morgan fingerprint density at radius 3 is 2.70 bits per heavy atom. The maximum atomic E-state index is 12.3. The molecule has 2 N–H and O–H groups in total. The third-order valence-electron chi connectivity index (χ3n) is 3.74. The molecule has 1 amide bonds. The smallest absolute Gasteiger partial charge is 0.255 e. The van der Waals surface area contributed by atoms with Gasteiger partial charge in [0, 0.05) is 24.3 Å². The molecule has 2 aromatic rings. The Bertz CT molecular complexity index is 677. The van der Waals surface area contributed by atoms with Crippen molar-refractivity contribution in [3.05, 3.63) is 64.2 Å². The molecular weight excluding hydrogens is 248 g/mol. The summed E-state index contributed by atoms with van der Waals surface area (Å²) in [6.45, 7) is 5.77. The highest BCUT2D eigenvalue weighted by Gasteiger charge is 2.14. The summed E-state index contributed by atoms with van der Waals surface area (Å²) in [5.74, 6) is -0.0478. The van der Waals surface area contributed by atoms with E-state index in [1.807, 2.05) is 50.2 Å². The molecule has 0 atom stereocenters.